The van der Waals surface area contributed by atoms with Crippen molar-refractivity contribution in [3.8, 4) is 0 Å². The minimum atomic E-state index is -3.75. The summed E-state index contributed by atoms with van der Waals surface area (Å²) in [6.45, 7) is 0. The van der Waals surface area contributed by atoms with Gasteiger partial charge in [-0.1, -0.05) is 18.3 Å². The lowest BCUT2D eigenvalue weighted by atomic mass is 10.2. The largest absolute Gasteiger partial charge is 0.389 e. The summed E-state index contributed by atoms with van der Waals surface area (Å²) >= 11 is 4.94. The molecule has 0 spiro atoms. The minimum Gasteiger partial charge on any atom is -0.389 e. The molecular weight excluding hydrogens is 296 g/mol. The molecule has 1 aromatic carbocycles. The second-order valence-electron chi connectivity index (χ2n) is 3.98. The number of hydrogen-bond acceptors (Lipinski definition) is 5. The van der Waals surface area contributed by atoms with Crippen molar-refractivity contribution >= 4 is 38.6 Å². The Hall–Kier alpha value is -2.03. The van der Waals surface area contributed by atoms with Crippen LogP contribution in [0, 0.1) is 0 Å². The summed E-state index contributed by atoms with van der Waals surface area (Å²) in [5.41, 5.74) is 7.37. The van der Waals surface area contributed by atoms with Crippen LogP contribution in [0.2, 0.25) is 0 Å². The number of nitrogens with two attached hydrogens (primary N) is 2. The van der Waals surface area contributed by atoms with Gasteiger partial charge in [0, 0.05) is 17.4 Å². The third-order valence-electron chi connectivity index (χ3n) is 2.53. The van der Waals surface area contributed by atoms with Gasteiger partial charge in [-0.05, 0) is 24.3 Å². The lowest BCUT2D eigenvalue weighted by Crippen LogP contribution is -2.13. The fourth-order valence-electron chi connectivity index (χ4n) is 1.62. The van der Waals surface area contributed by atoms with E-state index in [1.165, 1.54) is 12.1 Å². The van der Waals surface area contributed by atoms with E-state index in [-0.39, 0.29) is 9.88 Å². The molecule has 0 amide bonds. The van der Waals surface area contributed by atoms with Crippen LogP contribution in [0.5, 0.6) is 0 Å². The second-order valence-corrected chi connectivity index (χ2v) is 5.98. The van der Waals surface area contributed by atoms with Crippen LogP contribution in [-0.2, 0) is 10.0 Å². The minimum absolute atomic E-state index is 0.0169. The fourth-order valence-corrected chi connectivity index (χ4v) is 2.35. The molecule has 1 aromatic heterocycles. The summed E-state index contributed by atoms with van der Waals surface area (Å²) < 4.78 is 22.6. The SMILES string of the molecule is NC(=S)c1ccncc1Nc1cccc(S(N)(=O)=O)c1. The maximum absolute atomic E-state index is 11.3. The monoisotopic (exact) mass is 308 g/mol. The average Bonchev–Trinajstić information content (AvgIpc) is 2.38. The van der Waals surface area contributed by atoms with E-state index in [0.717, 1.165) is 0 Å². The fraction of sp³-hybridized carbons (Fsp3) is 0. The lowest BCUT2D eigenvalue weighted by molar-refractivity contribution is 0.598. The van der Waals surface area contributed by atoms with Gasteiger partial charge in [0.05, 0.1) is 16.8 Å². The molecule has 0 atom stereocenters. The van der Waals surface area contributed by atoms with Crippen molar-refractivity contribution in [1.29, 1.82) is 0 Å². The summed E-state index contributed by atoms with van der Waals surface area (Å²) in [5.74, 6) is 0. The van der Waals surface area contributed by atoms with Gasteiger partial charge < -0.3 is 11.1 Å². The van der Waals surface area contributed by atoms with Gasteiger partial charge in [-0.2, -0.15) is 0 Å². The van der Waals surface area contributed by atoms with Crippen molar-refractivity contribution in [2.75, 3.05) is 5.32 Å². The molecule has 20 heavy (non-hydrogen) atoms. The maximum atomic E-state index is 11.3. The van der Waals surface area contributed by atoms with Gasteiger partial charge in [-0.3, -0.25) is 4.98 Å². The molecule has 0 radical (unpaired) electrons. The van der Waals surface area contributed by atoms with Crippen LogP contribution in [0.15, 0.2) is 47.6 Å². The molecule has 6 nitrogen and oxygen atoms in total. The Bertz CT molecular complexity index is 760. The molecule has 0 aliphatic rings. The smallest absolute Gasteiger partial charge is 0.238 e. The first-order valence-corrected chi connectivity index (χ1v) is 7.47. The van der Waals surface area contributed by atoms with Gasteiger partial charge in [0.1, 0.15) is 4.99 Å². The highest BCUT2D eigenvalue weighted by Crippen LogP contribution is 2.21. The molecule has 8 heteroatoms. The normalized spacial score (nSPS) is 11.1. The highest BCUT2D eigenvalue weighted by atomic mass is 32.2. The molecule has 0 bridgehead atoms. The average molecular weight is 308 g/mol. The highest BCUT2D eigenvalue weighted by molar-refractivity contribution is 7.89. The second kappa shape index (κ2) is 5.53. The van der Waals surface area contributed by atoms with Crippen molar-refractivity contribution in [2.45, 2.75) is 4.90 Å². The predicted molar refractivity (Wildman–Crippen MR) is 81.2 cm³/mol. The number of hydrogen-bond donors (Lipinski definition) is 3. The van der Waals surface area contributed by atoms with Crippen LogP contribution in [0.1, 0.15) is 5.56 Å². The third-order valence-corrected chi connectivity index (χ3v) is 3.66. The summed E-state index contributed by atoms with van der Waals surface area (Å²) in [6, 6.07) is 7.79. The Balaban J connectivity index is 2.39. The summed E-state index contributed by atoms with van der Waals surface area (Å²) in [6.07, 6.45) is 3.12. The van der Waals surface area contributed by atoms with Crippen molar-refractivity contribution in [3.05, 3.63) is 48.3 Å². The van der Waals surface area contributed by atoms with E-state index in [4.69, 9.17) is 23.1 Å². The number of aromatic nitrogens is 1. The number of pyridine rings is 1. The van der Waals surface area contributed by atoms with Gasteiger partial charge >= 0.3 is 0 Å². The summed E-state index contributed by atoms with van der Waals surface area (Å²) in [5, 5.41) is 8.10. The standard InChI is InChI=1S/C12H12N4O2S2/c13-12(19)10-4-5-15-7-11(10)16-8-2-1-3-9(6-8)20(14,17)18/h1-7,16H,(H2,13,19)(H2,14,17,18). The van der Waals surface area contributed by atoms with Crippen LogP contribution in [0.3, 0.4) is 0 Å². The molecule has 0 saturated heterocycles. The number of rotatable bonds is 4. The quantitative estimate of drug-likeness (QED) is 0.730. The highest BCUT2D eigenvalue weighted by Gasteiger charge is 2.09. The van der Waals surface area contributed by atoms with Gasteiger partial charge in [0.25, 0.3) is 0 Å². The van der Waals surface area contributed by atoms with Gasteiger partial charge in [0.2, 0.25) is 10.0 Å². The Morgan fingerprint density at radius 2 is 2.05 bits per heavy atom. The molecule has 0 unspecified atom stereocenters. The Kier molecular flexibility index (Phi) is 3.98. The summed E-state index contributed by atoms with van der Waals surface area (Å²) in [4.78, 5) is 4.21. The van der Waals surface area contributed by atoms with Gasteiger partial charge in [-0.15, -0.1) is 0 Å². The molecule has 2 rings (SSSR count). The van der Waals surface area contributed by atoms with Gasteiger partial charge in [-0.25, -0.2) is 13.6 Å². The number of primary sulfonamides is 1. The zero-order valence-corrected chi connectivity index (χ0v) is 11.9. The van der Waals surface area contributed by atoms with E-state index >= 15 is 0 Å². The van der Waals surface area contributed by atoms with E-state index < -0.39 is 10.0 Å². The van der Waals surface area contributed by atoms with Crippen molar-refractivity contribution < 1.29 is 8.42 Å². The molecular formula is C12H12N4O2S2. The van der Waals surface area contributed by atoms with Crippen LogP contribution >= 0.6 is 12.2 Å². The molecule has 2 aromatic rings. The zero-order chi connectivity index (χ0) is 14.8. The Labute approximate surface area is 121 Å². The molecule has 0 saturated carbocycles. The zero-order valence-electron chi connectivity index (χ0n) is 10.3. The Morgan fingerprint density at radius 1 is 1.30 bits per heavy atom. The maximum Gasteiger partial charge on any atom is 0.238 e. The van der Waals surface area contributed by atoms with Crippen molar-refractivity contribution in [3.63, 3.8) is 0 Å². The van der Waals surface area contributed by atoms with Crippen LogP contribution in [0.4, 0.5) is 11.4 Å². The molecule has 0 fully saturated rings. The third kappa shape index (κ3) is 3.29. The molecule has 0 aliphatic heterocycles. The predicted octanol–water partition coefficient (Wildman–Crippen LogP) is 1.11. The van der Waals surface area contributed by atoms with E-state index in [1.807, 2.05) is 0 Å². The lowest BCUT2D eigenvalue weighted by Gasteiger charge is -2.11. The van der Waals surface area contributed by atoms with E-state index in [0.29, 0.717) is 16.9 Å². The molecule has 5 N–H and O–H groups in total. The van der Waals surface area contributed by atoms with E-state index in [2.05, 4.69) is 10.3 Å². The number of nitrogens with one attached hydrogen (secondary N) is 1. The first-order valence-electron chi connectivity index (χ1n) is 5.51. The van der Waals surface area contributed by atoms with Crippen LogP contribution < -0.4 is 16.2 Å². The molecule has 104 valence electrons. The van der Waals surface area contributed by atoms with Crippen molar-refractivity contribution in [1.82, 2.24) is 4.98 Å². The number of nitrogens with zero attached hydrogens (tertiary/aromatic N) is 1. The Morgan fingerprint density at radius 3 is 2.70 bits per heavy atom. The van der Waals surface area contributed by atoms with Gasteiger partial charge in [0.15, 0.2) is 0 Å². The van der Waals surface area contributed by atoms with Crippen LogP contribution in [0.25, 0.3) is 0 Å². The van der Waals surface area contributed by atoms with E-state index in [1.54, 1.807) is 30.6 Å². The number of sulfonamides is 1. The first kappa shape index (κ1) is 14.4. The molecule has 1 heterocycles. The molecule has 0 aliphatic carbocycles. The number of benzene rings is 1. The van der Waals surface area contributed by atoms with Crippen molar-refractivity contribution in [2.24, 2.45) is 10.9 Å². The summed E-state index contributed by atoms with van der Waals surface area (Å²) in [7, 11) is -3.75. The van der Waals surface area contributed by atoms with Crippen LogP contribution in [-0.4, -0.2) is 18.4 Å². The number of anilines is 2. The number of thiocarbonyl (C=S) groups is 1. The first-order chi connectivity index (χ1) is 9.38. The topological polar surface area (TPSA) is 111 Å². The van der Waals surface area contributed by atoms with E-state index in [9.17, 15) is 8.42 Å².